The molecule has 0 aliphatic carbocycles. The Balaban J connectivity index is 1.73. The largest absolute Gasteiger partial charge is 0.306 e. The van der Waals surface area contributed by atoms with Gasteiger partial charge in [-0.1, -0.05) is 52.7 Å². The van der Waals surface area contributed by atoms with Crippen molar-refractivity contribution >= 4 is 21.8 Å². The molecule has 3 aromatic heterocycles. The van der Waals surface area contributed by atoms with E-state index in [0.717, 1.165) is 16.7 Å². The summed E-state index contributed by atoms with van der Waals surface area (Å²) in [6.07, 6.45) is 11.3. The van der Waals surface area contributed by atoms with Gasteiger partial charge in [-0.3, -0.25) is 9.97 Å². The maximum atomic E-state index is 4.36. The number of benzene rings is 1. The van der Waals surface area contributed by atoms with Crippen molar-refractivity contribution in [1.29, 1.82) is 0 Å². The molecular weight excluding hydrogens is 342 g/mol. The molecule has 0 radical (unpaired) electrons. The lowest BCUT2D eigenvalue weighted by atomic mass is 9.75. The minimum atomic E-state index is 0.419. The molecule has 3 heteroatoms. The Bertz CT molecular complexity index is 1030. The number of hydrogen-bond acceptors (Lipinski definition) is 2. The number of nitrogens with zero attached hydrogens (tertiary/aromatic N) is 3. The second-order valence-corrected chi connectivity index (χ2v) is 8.34. The quantitative estimate of drug-likeness (QED) is 0.369. The second-order valence-electron chi connectivity index (χ2n) is 8.34. The third kappa shape index (κ3) is 3.19. The number of hydrogen-bond donors (Lipinski definition) is 0. The lowest BCUT2D eigenvalue weighted by molar-refractivity contribution is 0.255. The van der Waals surface area contributed by atoms with Crippen LogP contribution in [0.1, 0.15) is 58.4 Å². The van der Waals surface area contributed by atoms with Crippen LogP contribution in [0, 0.1) is 5.41 Å². The van der Waals surface area contributed by atoms with Crippen LogP contribution < -0.4 is 0 Å². The van der Waals surface area contributed by atoms with Gasteiger partial charge < -0.3 is 4.57 Å². The van der Waals surface area contributed by atoms with E-state index in [1.807, 2.05) is 24.8 Å². The van der Waals surface area contributed by atoms with E-state index < -0.39 is 0 Å². The molecule has 1 unspecified atom stereocenters. The van der Waals surface area contributed by atoms with Gasteiger partial charge in [0, 0.05) is 28.9 Å². The van der Waals surface area contributed by atoms with Gasteiger partial charge in [0.1, 0.15) is 0 Å². The summed E-state index contributed by atoms with van der Waals surface area (Å²) in [5.41, 5.74) is 5.23. The highest BCUT2D eigenvalue weighted by Crippen LogP contribution is 2.37. The van der Waals surface area contributed by atoms with Crippen molar-refractivity contribution in [3.8, 4) is 5.69 Å². The Morgan fingerprint density at radius 2 is 1.39 bits per heavy atom. The molecule has 0 aliphatic rings. The van der Waals surface area contributed by atoms with Gasteiger partial charge >= 0.3 is 0 Å². The van der Waals surface area contributed by atoms with Crippen LogP contribution in [0.2, 0.25) is 0 Å². The zero-order valence-electron chi connectivity index (χ0n) is 17.3. The van der Waals surface area contributed by atoms with Crippen LogP contribution in [-0.4, -0.2) is 14.5 Å². The van der Waals surface area contributed by atoms with E-state index in [4.69, 9.17) is 0 Å². The summed E-state index contributed by atoms with van der Waals surface area (Å²) in [4.78, 5) is 8.72. The highest BCUT2D eigenvalue weighted by molar-refractivity contribution is 6.08. The van der Waals surface area contributed by atoms with Crippen molar-refractivity contribution in [2.75, 3.05) is 0 Å². The van der Waals surface area contributed by atoms with Gasteiger partial charge in [0.2, 0.25) is 0 Å². The Hall–Kier alpha value is -2.68. The summed E-state index contributed by atoms with van der Waals surface area (Å²) in [7, 11) is 0. The molecular formula is C25H29N3. The van der Waals surface area contributed by atoms with E-state index >= 15 is 0 Å². The zero-order valence-corrected chi connectivity index (χ0v) is 17.3. The molecule has 28 heavy (non-hydrogen) atoms. The first kappa shape index (κ1) is 18.7. The molecule has 0 saturated carbocycles. The van der Waals surface area contributed by atoms with Crippen LogP contribution in [0.3, 0.4) is 0 Å². The maximum absolute atomic E-state index is 4.36. The van der Waals surface area contributed by atoms with Crippen molar-refractivity contribution in [1.82, 2.24) is 14.5 Å². The Kier molecular flexibility index (Phi) is 4.92. The third-order valence-electron chi connectivity index (χ3n) is 6.60. The van der Waals surface area contributed by atoms with E-state index in [9.17, 15) is 0 Å². The number of pyridine rings is 2. The lowest BCUT2D eigenvalue weighted by Gasteiger charge is -2.30. The van der Waals surface area contributed by atoms with Gasteiger partial charge in [0.15, 0.2) is 0 Å². The molecule has 4 rings (SSSR count). The summed E-state index contributed by atoms with van der Waals surface area (Å²) >= 11 is 0. The summed E-state index contributed by atoms with van der Waals surface area (Å²) in [5, 5.41) is 2.43. The molecule has 4 aromatic rings. The van der Waals surface area contributed by atoms with Gasteiger partial charge in [0.05, 0.1) is 23.4 Å². The molecule has 3 heterocycles. The Morgan fingerprint density at radius 1 is 0.857 bits per heavy atom. The van der Waals surface area contributed by atoms with Crippen LogP contribution in [-0.2, 0) is 0 Å². The number of fused-ring (bicyclic) bond motifs is 3. The van der Waals surface area contributed by atoms with E-state index in [-0.39, 0.29) is 0 Å². The molecule has 3 nitrogen and oxygen atoms in total. The fourth-order valence-corrected chi connectivity index (χ4v) is 4.34. The number of rotatable bonds is 6. The SMILES string of the molecule is CCC(C)(CC)CC(C)c1ccc(-n2c3cnccc3c3ccncc32)cc1. The van der Waals surface area contributed by atoms with E-state index in [1.165, 1.54) is 35.6 Å². The van der Waals surface area contributed by atoms with Crippen molar-refractivity contribution in [3.63, 3.8) is 0 Å². The maximum Gasteiger partial charge on any atom is 0.0725 e. The van der Waals surface area contributed by atoms with Crippen molar-refractivity contribution in [3.05, 3.63) is 66.7 Å². The highest BCUT2D eigenvalue weighted by atomic mass is 15.0. The topological polar surface area (TPSA) is 30.7 Å². The van der Waals surface area contributed by atoms with Crippen LogP contribution in [0.4, 0.5) is 0 Å². The summed E-state index contributed by atoms with van der Waals surface area (Å²) < 4.78 is 2.27. The predicted octanol–water partition coefficient (Wildman–Crippen LogP) is 6.89. The molecule has 0 amide bonds. The minimum Gasteiger partial charge on any atom is -0.306 e. The fraction of sp³-hybridized carbons (Fsp3) is 0.360. The smallest absolute Gasteiger partial charge is 0.0725 e. The van der Waals surface area contributed by atoms with Gasteiger partial charge in [-0.15, -0.1) is 0 Å². The van der Waals surface area contributed by atoms with Crippen LogP contribution in [0.5, 0.6) is 0 Å². The summed E-state index contributed by atoms with van der Waals surface area (Å²) in [6, 6.07) is 13.2. The molecule has 0 saturated heterocycles. The van der Waals surface area contributed by atoms with Gasteiger partial charge in [-0.25, -0.2) is 0 Å². The zero-order chi connectivity index (χ0) is 19.7. The third-order valence-corrected chi connectivity index (χ3v) is 6.60. The van der Waals surface area contributed by atoms with Crippen LogP contribution in [0.25, 0.3) is 27.5 Å². The molecule has 0 fully saturated rings. The number of aromatic nitrogens is 3. The van der Waals surface area contributed by atoms with E-state index in [2.05, 4.69) is 78.6 Å². The van der Waals surface area contributed by atoms with Crippen molar-refractivity contribution < 1.29 is 0 Å². The Labute approximate surface area is 167 Å². The minimum absolute atomic E-state index is 0.419. The molecule has 1 aromatic carbocycles. The molecule has 1 atom stereocenters. The van der Waals surface area contributed by atoms with Gasteiger partial charge in [0.25, 0.3) is 0 Å². The second kappa shape index (κ2) is 7.38. The van der Waals surface area contributed by atoms with Gasteiger partial charge in [-0.05, 0) is 47.6 Å². The molecule has 0 aliphatic heterocycles. The molecule has 0 N–H and O–H groups in total. The Morgan fingerprint density at radius 3 is 1.89 bits per heavy atom. The average Bonchev–Trinajstić information content (AvgIpc) is 3.08. The standard InChI is InChI=1S/C25H29N3/c1-5-25(4,6-2)15-18(3)19-7-9-20(10-8-19)28-23-16-26-13-11-21(23)22-12-14-27-17-24(22)28/h7-14,16-18H,5-6,15H2,1-4H3. The fourth-order valence-electron chi connectivity index (χ4n) is 4.34. The van der Waals surface area contributed by atoms with E-state index in [1.54, 1.807) is 0 Å². The molecule has 144 valence electrons. The summed E-state index contributed by atoms with van der Waals surface area (Å²) in [5.74, 6) is 0.556. The van der Waals surface area contributed by atoms with Crippen LogP contribution in [0.15, 0.2) is 61.2 Å². The first-order valence-electron chi connectivity index (χ1n) is 10.3. The highest BCUT2D eigenvalue weighted by Gasteiger charge is 2.23. The van der Waals surface area contributed by atoms with E-state index in [0.29, 0.717) is 11.3 Å². The molecule has 0 spiro atoms. The first-order valence-corrected chi connectivity index (χ1v) is 10.3. The van der Waals surface area contributed by atoms with Gasteiger partial charge in [-0.2, -0.15) is 0 Å². The average molecular weight is 372 g/mol. The lowest BCUT2D eigenvalue weighted by Crippen LogP contribution is -2.17. The monoisotopic (exact) mass is 371 g/mol. The van der Waals surface area contributed by atoms with Crippen molar-refractivity contribution in [2.45, 2.75) is 52.9 Å². The molecule has 0 bridgehead atoms. The predicted molar refractivity (Wildman–Crippen MR) is 118 cm³/mol. The normalized spacial score (nSPS) is 13.3. The first-order chi connectivity index (χ1) is 13.6. The van der Waals surface area contributed by atoms with Crippen molar-refractivity contribution in [2.24, 2.45) is 5.41 Å². The van der Waals surface area contributed by atoms with Crippen LogP contribution >= 0.6 is 0 Å². The summed E-state index contributed by atoms with van der Waals surface area (Å²) in [6.45, 7) is 9.39.